The smallest absolute Gasteiger partial charge is 0.231 e. The maximum Gasteiger partial charge on any atom is 0.231 e. The Balaban J connectivity index is 2.36. The zero-order chi connectivity index (χ0) is 10.8. The van der Waals surface area contributed by atoms with E-state index in [1.54, 1.807) is 6.07 Å². The molecule has 15 heavy (non-hydrogen) atoms. The van der Waals surface area contributed by atoms with Gasteiger partial charge in [0.25, 0.3) is 0 Å². The number of hydrogen-bond acceptors (Lipinski definition) is 5. The summed E-state index contributed by atoms with van der Waals surface area (Å²) in [7, 11) is 0. The highest BCUT2D eigenvalue weighted by Gasteiger charge is 2.22. The van der Waals surface area contributed by atoms with Crippen molar-refractivity contribution in [1.29, 1.82) is 0 Å². The van der Waals surface area contributed by atoms with E-state index in [2.05, 4.69) is 20.8 Å². The van der Waals surface area contributed by atoms with Gasteiger partial charge in [0.15, 0.2) is 11.5 Å². The highest BCUT2D eigenvalue weighted by atomic mass is 79.9. The topological polar surface area (TPSA) is 73.9 Å². The predicted molar refractivity (Wildman–Crippen MR) is 55.8 cm³/mol. The van der Waals surface area contributed by atoms with Crippen molar-refractivity contribution >= 4 is 15.9 Å². The summed E-state index contributed by atoms with van der Waals surface area (Å²) in [6, 6.07) is 1.72. The fourth-order valence-corrected chi connectivity index (χ4v) is 1.97. The Morgan fingerprint density at radius 1 is 1.53 bits per heavy atom. The van der Waals surface area contributed by atoms with E-state index in [1.807, 2.05) is 0 Å². The maximum atomic E-state index is 9.81. The normalized spacial score (nSPS) is 13.2. The Labute approximate surface area is 94.8 Å². The van der Waals surface area contributed by atoms with E-state index in [0.717, 1.165) is 0 Å². The summed E-state index contributed by atoms with van der Waals surface area (Å²) in [6.45, 7) is 0.504. The van der Waals surface area contributed by atoms with Crippen molar-refractivity contribution in [1.82, 2.24) is 0 Å². The molecule has 0 radical (unpaired) electrons. The molecule has 6 heteroatoms. The second-order valence-corrected chi connectivity index (χ2v) is 3.85. The summed E-state index contributed by atoms with van der Waals surface area (Å²) in [5, 5.41) is 9.81. The second kappa shape index (κ2) is 4.26. The molecule has 1 aliphatic heterocycles. The molecule has 1 heterocycles. The Bertz CT molecular complexity index is 383. The second-order valence-electron chi connectivity index (χ2n) is 3.05. The van der Waals surface area contributed by atoms with Gasteiger partial charge in [0.1, 0.15) is 10.2 Å². The number of nitrogens with two attached hydrogens (primary N) is 1. The van der Waals surface area contributed by atoms with Gasteiger partial charge in [0.05, 0.1) is 6.61 Å². The fraction of sp³-hybridized carbons (Fsp3) is 0.333. The van der Waals surface area contributed by atoms with Crippen LogP contribution in [-0.4, -0.2) is 18.5 Å². The van der Waals surface area contributed by atoms with Gasteiger partial charge in [-0.2, -0.15) is 0 Å². The summed E-state index contributed by atoms with van der Waals surface area (Å²) in [6.07, 6.45) is 0.511. The van der Waals surface area contributed by atoms with Crippen LogP contribution in [0, 0.1) is 0 Å². The SMILES string of the molecule is NOCCc1cc2c(c(Br)c1O)OCO2. The van der Waals surface area contributed by atoms with Crippen molar-refractivity contribution in [3.05, 3.63) is 16.1 Å². The number of phenolic OH excluding ortho intramolecular Hbond substituents is 1. The average Bonchev–Trinajstić information content (AvgIpc) is 2.69. The number of fused-ring (bicyclic) bond motifs is 1. The van der Waals surface area contributed by atoms with Gasteiger partial charge in [0.2, 0.25) is 6.79 Å². The van der Waals surface area contributed by atoms with E-state index < -0.39 is 0 Å². The molecule has 0 amide bonds. The fourth-order valence-electron chi connectivity index (χ4n) is 1.40. The number of rotatable bonds is 3. The van der Waals surface area contributed by atoms with Crippen LogP contribution in [0.3, 0.4) is 0 Å². The van der Waals surface area contributed by atoms with Crippen LogP contribution in [0.1, 0.15) is 5.56 Å². The first-order chi connectivity index (χ1) is 7.24. The third kappa shape index (κ3) is 1.88. The molecule has 0 fully saturated rings. The van der Waals surface area contributed by atoms with Gasteiger partial charge in [-0.15, -0.1) is 0 Å². The molecule has 0 saturated heterocycles. The van der Waals surface area contributed by atoms with Crippen LogP contribution in [0.2, 0.25) is 0 Å². The van der Waals surface area contributed by atoms with Crippen molar-refractivity contribution in [3.63, 3.8) is 0 Å². The average molecular weight is 276 g/mol. The summed E-state index contributed by atoms with van der Waals surface area (Å²) in [5.74, 6) is 6.21. The van der Waals surface area contributed by atoms with Crippen LogP contribution in [0.25, 0.3) is 0 Å². The van der Waals surface area contributed by atoms with E-state index in [1.165, 1.54) is 0 Å². The third-order valence-electron chi connectivity index (χ3n) is 2.15. The molecule has 82 valence electrons. The van der Waals surface area contributed by atoms with Crippen molar-refractivity contribution < 1.29 is 19.4 Å². The molecule has 0 spiro atoms. The van der Waals surface area contributed by atoms with Gasteiger partial charge >= 0.3 is 0 Å². The van der Waals surface area contributed by atoms with E-state index >= 15 is 0 Å². The summed E-state index contributed by atoms with van der Waals surface area (Å²) in [5.41, 5.74) is 0.705. The molecule has 5 nitrogen and oxygen atoms in total. The number of halogens is 1. The minimum Gasteiger partial charge on any atom is -0.506 e. The standard InChI is InChI=1S/C9H10BrNO4/c10-7-8(12)5(1-2-15-11)3-6-9(7)14-4-13-6/h3,12H,1-2,4,11H2. The van der Waals surface area contributed by atoms with Gasteiger partial charge < -0.3 is 19.4 Å². The first kappa shape index (κ1) is 10.5. The van der Waals surface area contributed by atoms with Gasteiger partial charge in [-0.05, 0) is 22.0 Å². The molecule has 3 N–H and O–H groups in total. The molecule has 1 aromatic carbocycles. The lowest BCUT2D eigenvalue weighted by atomic mass is 10.1. The first-order valence-electron chi connectivity index (χ1n) is 4.35. The lowest BCUT2D eigenvalue weighted by Crippen LogP contribution is -2.04. The maximum absolute atomic E-state index is 9.81. The van der Waals surface area contributed by atoms with Gasteiger partial charge in [-0.3, -0.25) is 0 Å². The van der Waals surface area contributed by atoms with Crippen LogP contribution in [0.4, 0.5) is 0 Å². The third-order valence-corrected chi connectivity index (χ3v) is 2.88. The molecule has 0 unspecified atom stereocenters. The quantitative estimate of drug-likeness (QED) is 0.814. The molecule has 0 atom stereocenters. The van der Waals surface area contributed by atoms with Gasteiger partial charge in [0, 0.05) is 12.0 Å². The number of hydrogen-bond donors (Lipinski definition) is 2. The van der Waals surface area contributed by atoms with E-state index in [9.17, 15) is 5.11 Å². The summed E-state index contributed by atoms with van der Waals surface area (Å²) in [4.78, 5) is 4.46. The van der Waals surface area contributed by atoms with Crippen molar-refractivity contribution in [2.75, 3.05) is 13.4 Å². The molecule has 0 aliphatic carbocycles. The number of benzene rings is 1. The number of ether oxygens (including phenoxy) is 2. The van der Waals surface area contributed by atoms with E-state index in [4.69, 9.17) is 15.4 Å². The molecule has 0 saturated carbocycles. The van der Waals surface area contributed by atoms with Crippen LogP contribution in [0.15, 0.2) is 10.5 Å². The molecular weight excluding hydrogens is 266 g/mol. The molecule has 1 aliphatic rings. The van der Waals surface area contributed by atoms with Crippen LogP contribution >= 0.6 is 15.9 Å². The highest BCUT2D eigenvalue weighted by Crippen LogP contribution is 2.46. The lowest BCUT2D eigenvalue weighted by Gasteiger charge is -2.08. The predicted octanol–water partition coefficient (Wildman–Crippen LogP) is 1.32. The molecule has 2 rings (SSSR count). The number of aromatic hydroxyl groups is 1. The first-order valence-corrected chi connectivity index (χ1v) is 5.15. The monoisotopic (exact) mass is 275 g/mol. The minimum atomic E-state index is 0.135. The van der Waals surface area contributed by atoms with Crippen molar-refractivity contribution in [3.8, 4) is 17.2 Å². The van der Waals surface area contributed by atoms with Gasteiger partial charge in [-0.1, -0.05) is 0 Å². The molecule has 0 bridgehead atoms. The minimum absolute atomic E-state index is 0.135. The van der Waals surface area contributed by atoms with E-state index in [0.29, 0.717) is 34.6 Å². The lowest BCUT2D eigenvalue weighted by molar-refractivity contribution is 0.140. The molecular formula is C9H10BrNO4. The Kier molecular flexibility index (Phi) is 2.99. The Morgan fingerprint density at radius 2 is 2.33 bits per heavy atom. The largest absolute Gasteiger partial charge is 0.506 e. The molecule has 1 aromatic rings. The van der Waals surface area contributed by atoms with Crippen LogP contribution in [0.5, 0.6) is 17.2 Å². The Morgan fingerprint density at radius 3 is 3.07 bits per heavy atom. The zero-order valence-corrected chi connectivity index (χ0v) is 9.41. The van der Waals surface area contributed by atoms with E-state index in [-0.39, 0.29) is 12.5 Å². The molecule has 0 aromatic heterocycles. The van der Waals surface area contributed by atoms with Gasteiger partial charge in [-0.25, -0.2) is 5.90 Å². The highest BCUT2D eigenvalue weighted by molar-refractivity contribution is 9.10. The van der Waals surface area contributed by atoms with Crippen molar-refractivity contribution in [2.24, 2.45) is 5.90 Å². The van der Waals surface area contributed by atoms with Crippen molar-refractivity contribution in [2.45, 2.75) is 6.42 Å². The van der Waals surface area contributed by atoms with Crippen LogP contribution in [-0.2, 0) is 11.3 Å². The number of phenols is 1. The van der Waals surface area contributed by atoms with Crippen LogP contribution < -0.4 is 15.4 Å². The summed E-state index contributed by atoms with van der Waals surface area (Å²) < 4.78 is 10.9. The zero-order valence-electron chi connectivity index (χ0n) is 7.83. The Hall–Kier alpha value is -0.980. The summed E-state index contributed by atoms with van der Waals surface area (Å²) >= 11 is 3.25.